The van der Waals surface area contributed by atoms with Crippen LogP contribution < -0.4 is 5.32 Å². The molecule has 8 heavy (non-hydrogen) atoms. The molecular formula is C5H10NOY-. The van der Waals surface area contributed by atoms with Crippen LogP contribution in [0.5, 0.6) is 0 Å². The SMILES string of the molecule is CC(C)CN[C-]=O.[Y]. The fraction of sp³-hybridized carbons (Fsp3) is 0.800. The second-order valence-electron chi connectivity index (χ2n) is 1.88. The standard InChI is InChI=1S/C5H10NO.Y/c1-5(2)3-6-4-7;/h5H,3H2,1-2H3,(H,6,7);/q-1;. The molecule has 3 heteroatoms. The van der Waals surface area contributed by atoms with Gasteiger partial charge in [0.25, 0.3) is 0 Å². The van der Waals surface area contributed by atoms with Gasteiger partial charge in [-0.3, -0.25) is 0 Å². The molecular weight excluding hydrogens is 179 g/mol. The summed E-state index contributed by atoms with van der Waals surface area (Å²) in [6, 6.07) is 0. The summed E-state index contributed by atoms with van der Waals surface area (Å²) < 4.78 is 0. The van der Waals surface area contributed by atoms with Crippen LogP contribution in [0.25, 0.3) is 0 Å². The van der Waals surface area contributed by atoms with Gasteiger partial charge in [-0.25, -0.2) is 0 Å². The first kappa shape index (κ1) is 11.4. The molecule has 0 aliphatic rings. The number of hydrogen-bond acceptors (Lipinski definition) is 1. The van der Waals surface area contributed by atoms with Crippen LogP contribution >= 0.6 is 0 Å². The van der Waals surface area contributed by atoms with Gasteiger partial charge in [0.1, 0.15) is 0 Å². The second-order valence-corrected chi connectivity index (χ2v) is 1.88. The zero-order valence-electron chi connectivity index (χ0n) is 5.27. The van der Waals surface area contributed by atoms with Gasteiger partial charge in [0, 0.05) is 32.7 Å². The average Bonchev–Trinajstić information content (AvgIpc) is 1.61. The molecule has 1 radical (unpaired) electrons. The van der Waals surface area contributed by atoms with E-state index in [4.69, 9.17) is 0 Å². The smallest absolute Gasteiger partial charge is 0 e. The summed E-state index contributed by atoms with van der Waals surface area (Å²) in [4.78, 5) is 9.47. The molecule has 0 atom stereocenters. The first-order valence-electron chi connectivity index (χ1n) is 2.37. The predicted molar refractivity (Wildman–Crippen MR) is 28.5 cm³/mol. The molecule has 0 aromatic carbocycles. The zero-order valence-corrected chi connectivity index (χ0v) is 8.11. The minimum atomic E-state index is 0. The summed E-state index contributed by atoms with van der Waals surface area (Å²) in [5.74, 6) is 0.529. The monoisotopic (exact) mass is 189 g/mol. The minimum Gasteiger partial charge on any atom is -0.530 e. The van der Waals surface area contributed by atoms with Crippen LogP contribution in [0.3, 0.4) is 0 Å². The van der Waals surface area contributed by atoms with Crippen LogP contribution in [0.2, 0.25) is 0 Å². The molecule has 0 unspecified atom stereocenters. The Balaban J connectivity index is 0. The van der Waals surface area contributed by atoms with E-state index in [1.54, 1.807) is 6.41 Å². The molecule has 2 nitrogen and oxygen atoms in total. The van der Waals surface area contributed by atoms with E-state index in [1.165, 1.54) is 0 Å². The Morgan fingerprint density at radius 2 is 2.12 bits per heavy atom. The van der Waals surface area contributed by atoms with E-state index in [0.717, 1.165) is 6.54 Å². The van der Waals surface area contributed by atoms with Crippen LogP contribution in [-0.2, 0) is 37.5 Å². The van der Waals surface area contributed by atoms with Crippen LogP contribution in [-0.4, -0.2) is 13.0 Å². The molecule has 0 spiro atoms. The van der Waals surface area contributed by atoms with Crippen molar-refractivity contribution in [1.29, 1.82) is 0 Å². The predicted octanol–water partition coefficient (Wildman–Crippen LogP) is 0.297. The summed E-state index contributed by atoms with van der Waals surface area (Å²) in [6.45, 7) is 4.79. The van der Waals surface area contributed by atoms with Crippen molar-refractivity contribution in [3.63, 3.8) is 0 Å². The Bertz CT molecular complexity index is 56.4. The molecule has 0 heterocycles. The van der Waals surface area contributed by atoms with Gasteiger partial charge in [-0.15, -0.1) is 0 Å². The Labute approximate surface area is 75.3 Å². The largest absolute Gasteiger partial charge is 0.530 e. The molecule has 0 aromatic heterocycles. The van der Waals surface area contributed by atoms with Gasteiger partial charge in [0.15, 0.2) is 0 Å². The summed E-state index contributed by atoms with van der Waals surface area (Å²) in [7, 11) is 0. The fourth-order valence-corrected chi connectivity index (χ4v) is 0.246. The zero-order chi connectivity index (χ0) is 5.70. The van der Waals surface area contributed by atoms with Crippen LogP contribution in [0.4, 0.5) is 0 Å². The normalized spacial score (nSPS) is 7.88. The Hall–Kier alpha value is 0.574. The fourth-order valence-electron chi connectivity index (χ4n) is 0.246. The Morgan fingerprint density at radius 1 is 1.62 bits per heavy atom. The Morgan fingerprint density at radius 3 is 2.25 bits per heavy atom. The molecule has 0 aliphatic carbocycles. The van der Waals surface area contributed by atoms with Crippen molar-refractivity contribution in [1.82, 2.24) is 5.32 Å². The molecule has 0 aliphatic heterocycles. The average molecular weight is 189 g/mol. The molecule has 45 valence electrons. The quantitative estimate of drug-likeness (QED) is 0.502. The van der Waals surface area contributed by atoms with Gasteiger partial charge in [-0.2, -0.15) is 6.41 Å². The van der Waals surface area contributed by atoms with E-state index >= 15 is 0 Å². The maximum absolute atomic E-state index is 9.47. The van der Waals surface area contributed by atoms with Gasteiger partial charge in [0.2, 0.25) is 0 Å². The van der Waals surface area contributed by atoms with Crippen molar-refractivity contribution in [3.8, 4) is 0 Å². The van der Waals surface area contributed by atoms with E-state index in [1.807, 2.05) is 13.8 Å². The van der Waals surface area contributed by atoms with Crippen molar-refractivity contribution in [3.05, 3.63) is 0 Å². The molecule has 0 saturated carbocycles. The summed E-state index contributed by atoms with van der Waals surface area (Å²) in [5.41, 5.74) is 0. The van der Waals surface area contributed by atoms with Crippen molar-refractivity contribution in [2.24, 2.45) is 5.92 Å². The summed E-state index contributed by atoms with van der Waals surface area (Å²) >= 11 is 0. The first-order valence-corrected chi connectivity index (χ1v) is 2.37. The molecule has 0 aromatic rings. The maximum atomic E-state index is 9.47. The molecule has 1 amide bonds. The van der Waals surface area contributed by atoms with E-state index in [-0.39, 0.29) is 32.7 Å². The van der Waals surface area contributed by atoms with Crippen LogP contribution in [0, 0.1) is 5.92 Å². The van der Waals surface area contributed by atoms with Gasteiger partial charge >= 0.3 is 0 Å². The van der Waals surface area contributed by atoms with Crippen molar-refractivity contribution in [2.45, 2.75) is 13.8 Å². The van der Waals surface area contributed by atoms with Gasteiger partial charge in [-0.1, -0.05) is 13.8 Å². The molecule has 0 fully saturated rings. The van der Waals surface area contributed by atoms with Gasteiger partial charge < -0.3 is 10.1 Å². The van der Waals surface area contributed by atoms with E-state index in [2.05, 4.69) is 5.32 Å². The van der Waals surface area contributed by atoms with Gasteiger partial charge in [0.05, 0.1) is 0 Å². The van der Waals surface area contributed by atoms with E-state index < -0.39 is 0 Å². The van der Waals surface area contributed by atoms with Crippen LogP contribution in [0.1, 0.15) is 13.8 Å². The van der Waals surface area contributed by atoms with Crippen molar-refractivity contribution >= 4 is 6.41 Å². The van der Waals surface area contributed by atoms with Crippen LogP contribution in [0.15, 0.2) is 0 Å². The second kappa shape index (κ2) is 7.57. The number of hydrogen-bond donors (Lipinski definition) is 1. The molecule has 0 rings (SSSR count). The first-order chi connectivity index (χ1) is 3.27. The molecule has 0 saturated heterocycles. The van der Waals surface area contributed by atoms with E-state index in [9.17, 15) is 4.79 Å². The summed E-state index contributed by atoms with van der Waals surface area (Å²) in [6.07, 6.45) is 1.60. The Kier molecular flexibility index (Phi) is 10.8. The third kappa shape index (κ3) is 9.76. The van der Waals surface area contributed by atoms with E-state index in [0.29, 0.717) is 5.92 Å². The number of rotatable bonds is 3. The minimum absolute atomic E-state index is 0. The van der Waals surface area contributed by atoms with Crippen molar-refractivity contribution < 1.29 is 37.5 Å². The summed E-state index contributed by atoms with van der Waals surface area (Å²) in [5, 5.41) is 2.44. The van der Waals surface area contributed by atoms with Gasteiger partial charge in [-0.05, 0) is 12.5 Å². The topological polar surface area (TPSA) is 29.1 Å². The third-order valence-corrected chi connectivity index (χ3v) is 0.582. The number of amides is 1. The number of carbonyl (C=O) groups excluding carboxylic acids is 1. The number of nitrogens with one attached hydrogen (secondary N) is 1. The van der Waals surface area contributed by atoms with Crippen molar-refractivity contribution in [2.75, 3.05) is 6.54 Å². The third-order valence-electron chi connectivity index (χ3n) is 0.582. The maximum Gasteiger partial charge on any atom is 0 e. The molecule has 0 bridgehead atoms. The molecule has 1 N–H and O–H groups in total.